The van der Waals surface area contributed by atoms with Crippen LogP contribution in [0.4, 0.5) is 0 Å². The van der Waals surface area contributed by atoms with E-state index in [1.807, 2.05) is 6.07 Å². The minimum Gasteiger partial charge on any atom is -0.312 e. The average molecular weight is 303 g/mol. The van der Waals surface area contributed by atoms with Crippen molar-refractivity contribution in [2.24, 2.45) is 5.92 Å². The van der Waals surface area contributed by atoms with Crippen LogP contribution in [0, 0.1) is 5.92 Å². The highest BCUT2D eigenvalue weighted by molar-refractivity contribution is 9.10. The van der Waals surface area contributed by atoms with E-state index in [2.05, 4.69) is 33.4 Å². The second kappa shape index (κ2) is 6.04. The molecular weight excluding hydrogens is 286 g/mol. The molecule has 1 nitrogen and oxygen atoms in total. The highest BCUT2D eigenvalue weighted by atomic mass is 79.9. The number of hydrogen-bond donors (Lipinski definition) is 1. The van der Waals surface area contributed by atoms with E-state index < -0.39 is 0 Å². The fourth-order valence-electron chi connectivity index (χ4n) is 2.28. The molecular formula is C13H17BrClN. The maximum Gasteiger partial charge on any atom is 0.0548 e. The van der Waals surface area contributed by atoms with Gasteiger partial charge in [-0.25, -0.2) is 0 Å². The lowest BCUT2D eigenvalue weighted by Crippen LogP contribution is -2.20. The Morgan fingerprint density at radius 1 is 1.31 bits per heavy atom. The van der Waals surface area contributed by atoms with Gasteiger partial charge in [0.15, 0.2) is 0 Å². The second-order valence-electron chi connectivity index (χ2n) is 4.53. The Balaban J connectivity index is 1.78. The van der Waals surface area contributed by atoms with Crippen LogP contribution in [0.2, 0.25) is 5.02 Å². The van der Waals surface area contributed by atoms with E-state index in [-0.39, 0.29) is 0 Å². The summed E-state index contributed by atoms with van der Waals surface area (Å²) in [6.45, 7) is 2.09. The van der Waals surface area contributed by atoms with Crippen LogP contribution >= 0.6 is 27.5 Å². The Morgan fingerprint density at radius 2 is 2.06 bits per heavy atom. The number of nitrogens with one attached hydrogen (secondary N) is 1. The molecule has 2 rings (SSSR count). The van der Waals surface area contributed by atoms with Crippen molar-refractivity contribution in [2.45, 2.75) is 32.2 Å². The predicted molar refractivity (Wildman–Crippen MR) is 72.8 cm³/mol. The van der Waals surface area contributed by atoms with Gasteiger partial charge in [-0.1, -0.05) is 30.5 Å². The van der Waals surface area contributed by atoms with Gasteiger partial charge in [0, 0.05) is 11.0 Å². The molecule has 0 aromatic heterocycles. The van der Waals surface area contributed by atoms with Gasteiger partial charge in [-0.2, -0.15) is 0 Å². The first-order valence-corrected chi connectivity index (χ1v) is 7.07. The van der Waals surface area contributed by atoms with Crippen LogP contribution in [0.3, 0.4) is 0 Å². The predicted octanol–water partition coefficient (Wildman–Crippen LogP) is 4.38. The lowest BCUT2D eigenvalue weighted by atomic mass is 10.1. The molecule has 0 aliphatic heterocycles. The van der Waals surface area contributed by atoms with Crippen molar-refractivity contribution < 1.29 is 0 Å². The Hall–Kier alpha value is -0.0500. The van der Waals surface area contributed by atoms with Gasteiger partial charge in [-0.3, -0.25) is 0 Å². The van der Waals surface area contributed by atoms with Crippen LogP contribution in [0.1, 0.15) is 31.2 Å². The zero-order valence-corrected chi connectivity index (χ0v) is 11.6. The molecule has 0 amide bonds. The SMILES string of the molecule is Clc1ccc(CNCC2CCCC2)cc1Br. The topological polar surface area (TPSA) is 12.0 Å². The van der Waals surface area contributed by atoms with E-state index in [1.165, 1.54) is 31.2 Å². The summed E-state index contributed by atoms with van der Waals surface area (Å²) in [6, 6.07) is 6.11. The molecule has 0 bridgehead atoms. The highest BCUT2D eigenvalue weighted by Crippen LogP contribution is 2.25. The van der Waals surface area contributed by atoms with Crippen LogP contribution in [-0.2, 0) is 6.54 Å². The number of halogens is 2. The van der Waals surface area contributed by atoms with Crippen molar-refractivity contribution in [1.82, 2.24) is 5.32 Å². The van der Waals surface area contributed by atoms with Gasteiger partial charge in [0.05, 0.1) is 5.02 Å². The monoisotopic (exact) mass is 301 g/mol. The molecule has 0 radical (unpaired) electrons. The van der Waals surface area contributed by atoms with Gasteiger partial charge < -0.3 is 5.32 Å². The highest BCUT2D eigenvalue weighted by Gasteiger charge is 2.13. The minimum absolute atomic E-state index is 0.777. The van der Waals surface area contributed by atoms with Crippen LogP contribution in [-0.4, -0.2) is 6.54 Å². The Labute approximate surface area is 111 Å². The third-order valence-electron chi connectivity index (χ3n) is 3.22. The zero-order valence-electron chi connectivity index (χ0n) is 9.31. The quantitative estimate of drug-likeness (QED) is 0.870. The van der Waals surface area contributed by atoms with E-state index in [1.54, 1.807) is 0 Å². The first kappa shape index (κ1) is 12.4. The molecule has 88 valence electrons. The summed E-state index contributed by atoms with van der Waals surface area (Å²) >= 11 is 9.40. The number of hydrogen-bond acceptors (Lipinski definition) is 1. The van der Waals surface area contributed by atoms with Gasteiger partial charge in [-0.05, 0) is 58.9 Å². The van der Waals surface area contributed by atoms with Crippen molar-refractivity contribution in [3.63, 3.8) is 0 Å². The summed E-state index contributed by atoms with van der Waals surface area (Å²) in [7, 11) is 0. The molecule has 1 aliphatic carbocycles. The fourth-order valence-corrected chi connectivity index (χ4v) is 2.83. The average Bonchev–Trinajstić information content (AvgIpc) is 2.76. The third-order valence-corrected chi connectivity index (χ3v) is 4.43. The number of rotatable bonds is 4. The van der Waals surface area contributed by atoms with Crippen molar-refractivity contribution in [1.29, 1.82) is 0 Å². The molecule has 1 saturated carbocycles. The molecule has 1 aromatic carbocycles. The summed E-state index contributed by atoms with van der Waals surface area (Å²) in [5.74, 6) is 0.899. The summed E-state index contributed by atoms with van der Waals surface area (Å²) in [6.07, 6.45) is 5.63. The van der Waals surface area contributed by atoms with Crippen LogP contribution in [0.5, 0.6) is 0 Å². The molecule has 0 heterocycles. The van der Waals surface area contributed by atoms with E-state index >= 15 is 0 Å². The standard InChI is InChI=1S/C13H17BrClN/c14-12-7-11(5-6-13(12)15)9-16-8-10-3-1-2-4-10/h5-7,10,16H,1-4,8-9H2. The summed E-state index contributed by atoms with van der Waals surface area (Å²) in [4.78, 5) is 0. The van der Waals surface area contributed by atoms with E-state index in [9.17, 15) is 0 Å². The van der Waals surface area contributed by atoms with Gasteiger partial charge in [0.1, 0.15) is 0 Å². The third kappa shape index (κ3) is 3.47. The van der Waals surface area contributed by atoms with E-state index in [0.717, 1.165) is 28.5 Å². The maximum absolute atomic E-state index is 5.95. The minimum atomic E-state index is 0.777. The van der Waals surface area contributed by atoms with Crippen LogP contribution < -0.4 is 5.32 Å². The Bertz CT molecular complexity index is 348. The van der Waals surface area contributed by atoms with Crippen molar-refractivity contribution >= 4 is 27.5 Å². The normalized spacial score (nSPS) is 16.9. The number of benzene rings is 1. The first-order valence-electron chi connectivity index (χ1n) is 5.90. The van der Waals surface area contributed by atoms with Crippen LogP contribution in [0.15, 0.2) is 22.7 Å². The lowest BCUT2D eigenvalue weighted by Gasteiger charge is -2.10. The maximum atomic E-state index is 5.95. The molecule has 1 aromatic rings. The zero-order chi connectivity index (χ0) is 11.4. The molecule has 1 fully saturated rings. The molecule has 3 heteroatoms. The summed E-state index contributed by atoms with van der Waals surface area (Å²) < 4.78 is 0.981. The van der Waals surface area contributed by atoms with Gasteiger partial charge in [-0.15, -0.1) is 0 Å². The Kier molecular flexibility index (Phi) is 4.68. The van der Waals surface area contributed by atoms with Gasteiger partial charge in [0.25, 0.3) is 0 Å². The molecule has 0 saturated heterocycles. The Morgan fingerprint density at radius 3 is 2.75 bits per heavy atom. The van der Waals surface area contributed by atoms with Crippen molar-refractivity contribution in [2.75, 3.05) is 6.54 Å². The first-order chi connectivity index (χ1) is 7.75. The van der Waals surface area contributed by atoms with Crippen molar-refractivity contribution in [3.05, 3.63) is 33.3 Å². The lowest BCUT2D eigenvalue weighted by molar-refractivity contribution is 0.489. The fraction of sp³-hybridized carbons (Fsp3) is 0.538. The smallest absolute Gasteiger partial charge is 0.0548 e. The van der Waals surface area contributed by atoms with Gasteiger partial charge >= 0.3 is 0 Å². The molecule has 1 N–H and O–H groups in total. The molecule has 0 atom stereocenters. The largest absolute Gasteiger partial charge is 0.312 e. The second-order valence-corrected chi connectivity index (χ2v) is 5.79. The molecule has 0 spiro atoms. The molecule has 1 aliphatic rings. The summed E-state index contributed by atoms with van der Waals surface area (Å²) in [5.41, 5.74) is 1.29. The molecule has 0 unspecified atom stereocenters. The summed E-state index contributed by atoms with van der Waals surface area (Å²) in [5, 5.41) is 4.30. The van der Waals surface area contributed by atoms with E-state index in [0.29, 0.717) is 0 Å². The van der Waals surface area contributed by atoms with Gasteiger partial charge in [0.2, 0.25) is 0 Å². The van der Waals surface area contributed by atoms with Crippen LogP contribution in [0.25, 0.3) is 0 Å². The van der Waals surface area contributed by atoms with Crippen molar-refractivity contribution in [3.8, 4) is 0 Å². The molecule has 16 heavy (non-hydrogen) atoms. The van der Waals surface area contributed by atoms with E-state index in [4.69, 9.17) is 11.6 Å².